The van der Waals surface area contributed by atoms with Crippen molar-refractivity contribution in [2.24, 2.45) is 4.99 Å². The summed E-state index contributed by atoms with van der Waals surface area (Å²) in [7, 11) is 6.78. The summed E-state index contributed by atoms with van der Waals surface area (Å²) in [5, 5.41) is 11.8. The van der Waals surface area contributed by atoms with Crippen molar-refractivity contribution in [3.8, 4) is 11.5 Å². The van der Waals surface area contributed by atoms with Gasteiger partial charge in [0.1, 0.15) is 41.9 Å². The molecule has 0 radical (unpaired) electrons. The molecule has 2 aromatic heterocycles. The molecular formula is C40H44N6O8. The van der Waals surface area contributed by atoms with Gasteiger partial charge in [-0.05, 0) is 30.7 Å². The van der Waals surface area contributed by atoms with Gasteiger partial charge in [0.05, 0.1) is 40.3 Å². The van der Waals surface area contributed by atoms with E-state index in [4.69, 9.17) is 28.4 Å². The van der Waals surface area contributed by atoms with Crippen molar-refractivity contribution in [1.29, 1.82) is 0 Å². The maximum atomic E-state index is 13.0. The van der Waals surface area contributed by atoms with Crippen molar-refractivity contribution >= 4 is 22.9 Å². The fraction of sp³-hybridized carbons (Fsp3) is 0.350. The molecule has 0 bridgehead atoms. The topological polar surface area (TPSA) is 155 Å². The lowest BCUT2D eigenvalue weighted by Crippen LogP contribution is -2.36. The summed E-state index contributed by atoms with van der Waals surface area (Å²) < 4.78 is 37.5. The van der Waals surface area contributed by atoms with E-state index in [1.54, 1.807) is 25.9 Å². The van der Waals surface area contributed by atoms with Gasteiger partial charge in [-0.25, -0.2) is 4.98 Å². The molecule has 0 spiro atoms. The molecule has 0 amide bonds. The Morgan fingerprint density at radius 3 is 2.24 bits per heavy atom. The lowest BCUT2D eigenvalue weighted by atomic mass is 9.80. The van der Waals surface area contributed by atoms with Crippen LogP contribution in [0.2, 0.25) is 0 Å². The van der Waals surface area contributed by atoms with Gasteiger partial charge in [0.15, 0.2) is 22.5 Å². The Hall–Kier alpha value is -5.70. The van der Waals surface area contributed by atoms with E-state index in [1.807, 2.05) is 90.8 Å². The molecule has 4 heterocycles. The Balaban J connectivity index is 1.26. The highest BCUT2D eigenvalue weighted by Crippen LogP contribution is 2.43. The summed E-state index contributed by atoms with van der Waals surface area (Å²) in [6.07, 6.45) is 2.00. The zero-order chi connectivity index (χ0) is 37.7. The fourth-order valence-electron chi connectivity index (χ4n) is 6.94. The molecule has 2 aliphatic heterocycles. The van der Waals surface area contributed by atoms with E-state index >= 15 is 0 Å². The lowest BCUT2D eigenvalue weighted by Gasteiger charge is -2.35. The molecule has 7 rings (SSSR count). The van der Waals surface area contributed by atoms with Crippen LogP contribution in [0.4, 0.5) is 5.95 Å². The maximum absolute atomic E-state index is 13.0. The van der Waals surface area contributed by atoms with Gasteiger partial charge in [-0.15, -0.1) is 0 Å². The first-order valence-electron chi connectivity index (χ1n) is 17.8. The van der Waals surface area contributed by atoms with Crippen molar-refractivity contribution < 1.29 is 33.5 Å². The van der Waals surface area contributed by atoms with Crippen LogP contribution in [-0.4, -0.2) is 102 Å². The molecule has 2 N–H and O–H groups in total. The number of hydrogen-bond acceptors (Lipinski definition) is 11. The van der Waals surface area contributed by atoms with Gasteiger partial charge in [-0.1, -0.05) is 54.6 Å². The first-order valence-corrected chi connectivity index (χ1v) is 17.8. The summed E-state index contributed by atoms with van der Waals surface area (Å²) in [5.74, 6) is 2.59. The van der Waals surface area contributed by atoms with E-state index < -0.39 is 29.5 Å². The van der Waals surface area contributed by atoms with Gasteiger partial charge < -0.3 is 43.0 Å². The van der Waals surface area contributed by atoms with Gasteiger partial charge in [0.2, 0.25) is 5.95 Å². The van der Waals surface area contributed by atoms with E-state index in [0.717, 1.165) is 41.9 Å². The number of H-pyrrole nitrogens is 1. The molecule has 3 atom stereocenters. The van der Waals surface area contributed by atoms with Crippen LogP contribution in [0.3, 0.4) is 0 Å². The fourth-order valence-corrected chi connectivity index (χ4v) is 6.94. The number of fused-ring (bicyclic) bond motifs is 1. The number of hydrogen-bond donors (Lipinski definition) is 2. The normalized spacial score (nSPS) is 20.2. The van der Waals surface area contributed by atoms with Crippen molar-refractivity contribution in [3.63, 3.8) is 0 Å². The van der Waals surface area contributed by atoms with Crippen LogP contribution in [0, 0.1) is 0 Å². The monoisotopic (exact) mass is 736 g/mol. The molecule has 3 aromatic carbocycles. The molecule has 282 valence electrons. The molecule has 0 aliphatic carbocycles. The SMILES string of the molecule is COCCO[C@H]1[C@H](Cn2cnc3c(=O)[nH]c(/N=C4\CCCN4C)nc32)O/C(=C/OC(c2ccccc2)(c2ccc(OC)cc2)c2ccc(OC)cc2)[C@H]1O. The van der Waals surface area contributed by atoms with Gasteiger partial charge in [-0.3, -0.25) is 9.78 Å². The van der Waals surface area contributed by atoms with Crippen molar-refractivity contribution in [2.75, 3.05) is 48.1 Å². The number of imidazole rings is 1. The second-order valence-corrected chi connectivity index (χ2v) is 13.1. The standard InChI is InChI=1S/C40H44N6O8/c1-45-20-8-11-33(45)42-39-43-37-34(38(48)44-39)41-25-46(37)23-31-36(52-22-21-49-2)35(47)32(54-31)24-53-40(26-9-6-5-7-10-26,27-12-16-29(50-3)17-13-27)28-14-18-30(51-4)19-15-28/h5-7,9-10,12-19,24-25,31,35-36,47H,8,11,20-23H2,1-4H3,(H,43,44,48)/b32-24+,42-33+/t31-,35+,36-/m0/s1. The predicted octanol–water partition coefficient (Wildman–Crippen LogP) is 4.53. The number of likely N-dealkylation sites (tertiary alicyclic amines) is 1. The highest BCUT2D eigenvalue weighted by Gasteiger charge is 2.44. The minimum Gasteiger partial charge on any atom is -0.497 e. The summed E-state index contributed by atoms with van der Waals surface area (Å²) in [5.41, 5.74) is 1.34. The number of nitrogens with one attached hydrogen (secondary N) is 1. The third-order valence-corrected chi connectivity index (χ3v) is 9.79. The molecule has 14 heteroatoms. The Morgan fingerprint density at radius 1 is 0.963 bits per heavy atom. The number of aliphatic imine (C=N–C) groups is 1. The van der Waals surface area contributed by atoms with E-state index in [-0.39, 0.29) is 30.4 Å². The highest BCUT2D eigenvalue weighted by molar-refractivity contribution is 5.86. The molecule has 14 nitrogen and oxygen atoms in total. The van der Waals surface area contributed by atoms with Crippen LogP contribution in [-0.2, 0) is 31.1 Å². The van der Waals surface area contributed by atoms with E-state index in [1.165, 1.54) is 12.6 Å². The van der Waals surface area contributed by atoms with Crippen molar-refractivity contribution in [1.82, 2.24) is 24.4 Å². The van der Waals surface area contributed by atoms with Crippen LogP contribution in [0.1, 0.15) is 29.5 Å². The van der Waals surface area contributed by atoms with E-state index in [0.29, 0.717) is 23.8 Å². The number of aliphatic hydroxyl groups is 1. The molecule has 54 heavy (non-hydrogen) atoms. The van der Waals surface area contributed by atoms with E-state index in [9.17, 15) is 9.90 Å². The Bertz CT molecular complexity index is 2100. The number of ether oxygens (including phenoxy) is 6. The minimum absolute atomic E-state index is 0.149. The Kier molecular flexibility index (Phi) is 10.9. The van der Waals surface area contributed by atoms with Crippen LogP contribution in [0.25, 0.3) is 11.2 Å². The zero-order valence-electron chi connectivity index (χ0n) is 30.7. The lowest BCUT2D eigenvalue weighted by molar-refractivity contribution is -0.0555. The number of amidine groups is 1. The van der Waals surface area contributed by atoms with Crippen LogP contribution in [0.5, 0.6) is 11.5 Å². The quantitative estimate of drug-likeness (QED) is 0.0939. The largest absolute Gasteiger partial charge is 0.497 e. The average molecular weight is 737 g/mol. The third-order valence-electron chi connectivity index (χ3n) is 9.79. The summed E-state index contributed by atoms with van der Waals surface area (Å²) >= 11 is 0. The van der Waals surface area contributed by atoms with Crippen LogP contribution >= 0.6 is 0 Å². The number of benzene rings is 3. The second kappa shape index (κ2) is 16.1. The Labute approximate surface area is 312 Å². The van der Waals surface area contributed by atoms with Crippen molar-refractivity contribution in [2.45, 2.75) is 43.3 Å². The van der Waals surface area contributed by atoms with Crippen molar-refractivity contribution in [3.05, 3.63) is 124 Å². The summed E-state index contributed by atoms with van der Waals surface area (Å²) in [4.78, 5) is 31.5. The highest BCUT2D eigenvalue weighted by atomic mass is 16.6. The number of methoxy groups -OCH3 is 3. The number of aliphatic hydroxyl groups excluding tert-OH is 1. The summed E-state index contributed by atoms with van der Waals surface area (Å²) in [6.45, 7) is 1.55. The molecule has 2 saturated heterocycles. The molecule has 2 fully saturated rings. The van der Waals surface area contributed by atoms with Crippen LogP contribution in [0.15, 0.2) is 107 Å². The number of aromatic amines is 1. The maximum Gasteiger partial charge on any atom is 0.280 e. The summed E-state index contributed by atoms with van der Waals surface area (Å²) in [6, 6.07) is 25.1. The second-order valence-electron chi connectivity index (χ2n) is 13.1. The van der Waals surface area contributed by atoms with Gasteiger partial charge >= 0.3 is 0 Å². The molecule has 5 aromatic rings. The molecule has 0 saturated carbocycles. The van der Waals surface area contributed by atoms with Gasteiger partial charge in [0.25, 0.3) is 5.56 Å². The van der Waals surface area contributed by atoms with Crippen LogP contribution < -0.4 is 15.0 Å². The van der Waals surface area contributed by atoms with Gasteiger partial charge in [0, 0.05) is 43.8 Å². The third kappa shape index (κ3) is 7.27. The smallest absolute Gasteiger partial charge is 0.280 e. The first kappa shape index (κ1) is 36.6. The molecule has 2 aliphatic rings. The van der Waals surface area contributed by atoms with E-state index in [2.05, 4.69) is 19.9 Å². The predicted molar refractivity (Wildman–Crippen MR) is 201 cm³/mol. The average Bonchev–Trinajstić information content (AvgIpc) is 3.89. The minimum atomic E-state index is -1.21. The Morgan fingerprint density at radius 2 is 1.63 bits per heavy atom. The zero-order valence-corrected chi connectivity index (χ0v) is 30.7. The number of nitrogens with zero attached hydrogens (tertiary/aromatic N) is 5. The number of aromatic nitrogens is 4. The molecular weight excluding hydrogens is 692 g/mol. The number of rotatable bonds is 14. The first-order chi connectivity index (χ1) is 26.3. The van der Waals surface area contributed by atoms with Gasteiger partial charge in [-0.2, -0.15) is 9.98 Å². The molecule has 0 unspecified atom stereocenters.